The molecule has 0 amide bonds. The van der Waals surface area contributed by atoms with Crippen molar-refractivity contribution in [1.29, 1.82) is 0 Å². The summed E-state index contributed by atoms with van der Waals surface area (Å²) in [4.78, 5) is 2.49. The molecule has 0 spiro atoms. The normalized spacial score (nSPS) is 13.5. The summed E-state index contributed by atoms with van der Waals surface area (Å²) in [6.07, 6.45) is 0. The maximum atomic E-state index is 3.22. The SMILES string of the molecule is CNc1ccc2c(c1)CN(c1c(C)cc(C)cc1C)C2. The van der Waals surface area contributed by atoms with Gasteiger partial charge in [-0.2, -0.15) is 0 Å². The molecule has 2 aromatic carbocycles. The molecule has 0 saturated heterocycles. The topological polar surface area (TPSA) is 15.3 Å². The number of rotatable bonds is 2. The molecule has 3 rings (SSSR count). The summed E-state index contributed by atoms with van der Waals surface area (Å²) in [7, 11) is 1.97. The molecule has 2 heteroatoms. The van der Waals surface area contributed by atoms with Gasteiger partial charge < -0.3 is 10.2 Å². The fraction of sp³-hybridized carbons (Fsp3) is 0.333. The van der Waals surface area contributed by atoms with Crippen molar-refractivity contribution in [3.8, 4) is 0 Å². The average molecular weight is 266 g/mol. The number of nitrogens with zero attached hydrogens (tertiary/aromatic N) is 1. The minimum Gasteiger partial charge on any atom is -0.388 e. The van der Waals surface area contributed by atoms with Crippen molar-refractivity contribution < 1.29 is 0 Å². The lowest BCUT2D eigenvalue weighted by molar-refractivity contribution is 0.869. The van der Waals surface area contributed by atoms with E-state index in [1.54, 1.807) is 0 Å². The van der Waals surface area contributed by atoms with Gasteiger partial charge in [-0.3, -0.25) is 0 Å². The molecular formula is C18H22N2. The Morgan fingerprint density at radius 2 is 1.55 bits per heavy atom. The summed E-state index contributed by atoms with van der Waals surface area (Å²) in [5.41, 5.74) is 9.59. The lowest BCUT2D eigenvalue weighted by Crippen LogP contribution is -2.17. The summed E-state index contributed by atoms with van der Waals surface area (Å²) < 4.78 is 0. The molecule has 1 aliphatic heterocycles. The Kier molecular flexibility index (Phi) is 3.17. The van der Waals surface area contributed by atoms with Crippen LogP contribution in [0, 0.1) is 20.8 Å². The number of anilines is 2. The molecule has 0 fully saturated rings. The van der Waals surface area contributed by atoms with Crippen LogP contribution < -0.4 is 10.2 Å². The highest BCUT2D eigenvalue weighted by molar-refractivity contribution is 5.63. The average Bonchev–Trinajstić information content (AvgIpc) is 2.79. The van der Waals surface area contributed by atoms with Crippen molar-refractivity contribution in [2.45, 2.75) is 33.9 Å². The molecule has 1 heterocycles. The summed E-state index contributed by atoms with van der Waals surface area (Å²) in [5.74, 6) is 0. The first-order valence-electron chi connectivity index (χ1n) is 7.21. The zero-order chi connectivity index (χ0) is 14.3. The standard InChI is InChI=1S/C18H22N2/c1-12-7-13(2)18(14(3)8-12)20-10-15-5-6-17(19-4)9-16(15)11-20/h5-9,19H,10-11H2,1-4H3. The van der Waals surface area contributed by atoms with E-state index in [0.717, 1.165) is 13.1 Å². The van der Waals surface area contributed by atoms with Crippen molar-refractivity contribution in [1.82, 2.24) is 0 Å². The van der Waals surface area contributed by atoms with E-state index in [4.69, 9.17) is 0 Å². The van der Waals surface area contributed by atoms with Crippen LogP contribution in [-0.4, -0.2) is 7.05 Å². The van der Waals surface area contributed by atoms with Crippen molar-refractivity contribution in [2.24, 2.45) is 0 Å². The second kappa shape index (κ2) is 4.86. The molecule has 0 aromatic heterocycles. The van der Waals surface area contributed by atoms with E-state index in [-0.39, 0.29) is 0 Å². The molecule has 1 N–H and O–H groups in total. The number of hydrogen-bond acceptors (Lipinski definition) is 2. The number of nitrogens with one attached hydrogen (secondary N) is 1. The van der Waals surface area contributed by atoms with E-state index in [1.165, 1.54) is 39.2 Å². The molecule has 0 aliphatic carbocycles. The van der Waals surface area contributed by atoms with Gasteiger partial charge in [-0.15, -0.1) is 0 Å². The third-order valence-corrected chi connectivity index (χ3v) is 4.17. The Balaban J connectivity index is 1.96. The number of hydrogen-bond donors (Lipinski definition) is 1. The van der Waals surface area contributed by atoms with E-state index < -0.39 is 0 Å². The first-order chi connectivity index (χ1) is 9.58. The van der Waals surface area contributed by atoms with Gasteiger partial charge >= 0.3 is 0 Å². The van der Waals surface area contributed by atoms with Crippen molar-refractivity contribution in [2.75, 3.05) is 17.3 Å². The lowest BCUT2D eigenvalue weighted by atomic mass is 10.0. The van der Waals surface area contributed by atoms with Gasteiger partial charge in [0.2, 0.25) is 0 Å². The van der Waals surface area contributed by atoms with Gasteiger partial charge in [-0.25, -0.2) is 0 Å². The fourth-order valence-electron chi connectivity index (χ4n) is 3.38. The lowest BCUT2D eigenvalue weighted by Gasteiger charge is -2.23. The maximum absolute atomic E-state index is 3.22. The fourth-order valence-corrected chi connectivity index (χ4v) is 3.38. The summed E-state index contributed by atoms with van der Waals surface area (Å²) >= 11 is 0. The molecule has 1 aliphatic rings. The second-order valence-corrected chi connectivity index (χ2v) is 5.84. The van der Waals surface area contributed by atoms with Gasteiger partial charge in [0.1, 0.15) is 0 Å². The highest BCUT2D eigenvalue weighted by Crippen LogP contribution is 2.34. The number of benzene rings is 2. The summed E-state index contributed by atoms with van der Waals surface area (Å²) in [6, 6.07) is 11.3. The quantitative estimate of drug-likeness (QED) is 0.877. The predicted molar refractivity (Wildman–Crippen MR) is 86.5 cm³/mol. The van der Waals surface area contributed by atoms with Crippen LogP contribution in [0.25, 0.3) is 0 Å². The minimum absolute atomic E-state index is 1.01. The van der Waals surface area contributed by atoms with Crippen LogP contribution in [0.3, 0.4) is 0 Å². The predicted octanol–water partition coefficient (Wildman–Crippen LogP) is 4.17. The first-order valence-corrected chi connectivity index (χ1v) is 7.21. The van der Waals surface area contributed by atoms with E-state index in [9.17, 15) is 0 Å². The Morgan fingerprint density at radius 3 is 2.20 bits per heavy atom. The van der Waals surface area contributed by atoms with E-state index in [1.807, 2.05) is 7.05 Å². The largest absolute Gasteiger partial charge is 0.388 e. The number of fused-ring (bicyclic) bond motifs is 1. The van der Waals surface area contributed by atoms with Crippen molar-refractivity contribution in [3.63, 3.8) is 0 Å². The van der Waals surface area contributed by atoms with Crippen molar-refractivity contribution in [3.05, 3.63) is 58.1 Å². The Labute approximate surface area is 121 Å². The zero-order valence-electron chi connectivity index (χ0n) is 12.7. The van der Waals surface area contributed by atoms with E-state index >= 15 is 0 Å². The smallest absolute Gasteiger partial charge is 0.0437 e. The minimum atomic E-state index is 1.01. The molecule has 2 nitrogen and oxygen atoms in total. The van der Waals surface area contributed by atoms with Gasteiger partial charge in [0.25, 0.3) is 0 Å². The maximum Gasteiger partial charge on any atom is 0.0437 e. The molecule has 20 heavy (non-hydrogen) atoms. The van der Waals surface area contributed by atoms with Crippen LogP contribution >= 0.6 is 0 Å². The first kappa shape index (κ1) is 13.0. The Hall–Kier alpha value is -1.96. The molecule has 0 atom stereocenters. The van der Waals surface area contributed by atoms with Crippen LogP contribution in [0.1, 0.15) is 27.8 Å². The molecule has 0 saturated carbocycles. The Bertz CT molecular complexity index is 635. The van der Waals surface area contributed by atoms with E-state index in [0.29, 0.717) is 0 Å². The second-order valence-electron chi connectivity index (χ2n) is 5.84. The third kappa shape index (κ3) is 2.15. The Morgan fingerprint density at radius 1 is 0.900 bits per heavy atom. The monoisotopic (exact) mass is 266 g/mol. The highest BCUT2D eigenvalue weighted by Gasteiger charge is 2.22. The van der Waals surface area contributed by atoms with Gasteiger partial charge in [-0.05, 0) is 55.2 Å². The van der Waals surface area contributed by atoms with Gasteiger partial charge in [0.15, 0.2) is 0 Å². The molecule has 0 bridgehead atoms. The molecule has 0 unspecified atom stereocenters. The molecule has 104 valence electrons. The van der Waals surface area contributed by atoms with Gasteiger partial charge in [-0.1, -0.05) is 23.8 Å². The van der Waals surface area contributed by atoms with Crippen LogP contribution in [0.15, 0.2) is 30.3 Å². The highest BCUT2D eigenvalue weighted by atomic mass is 15.1. The molecule has 0 radical (unpaired) electrons. The van der Waals surface area contributed by atoms with Crippen LogP contribution in [0.5, 0.6) is 0 Å². The molecule has 2 aromatic rings. The summed E-state index contributed by atoms with van der Waals surface area (Å²) in [5, 5.41) is 3.22. The van der Waals surface area contributed by atoms with Crippen LogP contribution in [0.2, 0.25) is 0 Å². The third-order valence-electron chi connectivity index (χ3n) is 4.17. The molecular weight excluding hydrogens is 244 g/mol. The zero-order valence-corrected chi connectivity index (χ0v) is 12.7. The van der Waals surface area contributed by atoms with Gasteiger partial charge in [0.05, 0.1) is 0 Å². The number of aryl methyl sites for hydroxylation is 3. The summed E-state index contributed by atoms with van der Waals surface area (Å²) in [6.45, 7) is 8.63. The van der Waals surface area contributed by atoms with Gasteiger partial charge in [0, 0.05) is 31.5 Å². The van der Waals surface area contributed by atoms with E-state index in [2.05, 4.69) is 61.3 Å². The van der Waals surface area contributed by atoms with Crippen LogP contribution in [0.4, 0.5) is 11.4 Å². The van der Waals surface area contributed by atoms with Crippen molar-refractivity contribution >= 4 is 11.4 Å². The van der Waals surface area contributed by atoms with Crippen LogP contribution in [-0.2, 0) is 13.1 Å².